The molecule has 0 radical (unpaired) electrons. The fraction of sp³-hybridized carbons (Fsp3) is 0.286. The fourth-order valence-electron chi connectivity index (χ4n) is 1.45. The van der Waals surface area contributed by atoms with E-state index in [1.165, 1.54) is 0 Å². The lowest BCUT2D eigenvalue weighted by atomic mass is 10.0. The summed E-state index contributed by atoms with van der Waals surface area (Å²) in [5.41, 5.74) is 3.08. The van der Waals surface area contributed by atoms with Crippen molar-refractivity contribution in [2.75, 3.05) is 6.61 Å². The average Bonchev–Trinajstić information content (AvgIpc) is 2.30. The molecule has 0 spiro atoms. The Morgan fingerprint density at radius 3 is 2.24 bits per heavy atom. The maximum atomic E-state index is 9.34. The van der Waals surface area contributed by atoms with Crippen LogP contribution in [0.5, 0.6) is 5.75 Å². The maximum Gasteiger partial charge on any atom is 0.118 e. The number of aromatic hydroxyl groups is 1. The van der Waals surface area contributed by atoms with Crippen molar-refractivity contribution in [3.8, 4) is 5.75 Å². The van der Waals surface area contributed by atoms with Crippen molar-refractivity contribution in [2.45, 2.75) is 20.3 Å². The quantitative estimate of drug-likeness (QED) is 0.554. The molecule has 1 aromatic rings. The lowest BCUT2D eigenvalue weighted by molar-refractivity contribution is 0.253. The summed E-state index contributed by atoms with van der Waals surface area (Å²) in [6, 6.07) is 6.94. The maximum absolute atomic E-state index is 9.34. The summed E-state index contributed by atoms with van der Waals surface area (Å²) in [4.78, 5) is 0. The van der Waals surface area contributed by atoms with E-state index in [9.17, 15) is 10.2 Å². The minimum absolute atomic E-state index is 0.0417. The Morgan fingerprint density at radius 1 is 1.18 bits per heavy atom. The van der Waals surface area contributed by atoms with Gasteiger partial charge in [-0.15, -0.1) is 0 Å². The van der Waals surface area contributed by atoms with Gasteiger partial charge in [0.2, 0.25) is 0 Å². The molecule has 0 aliphatic carbocycles. The highest BCUT2D eigenvalue weighted by Gasteiger charge is 2.02. The molecule has 0 bridgehead atoms. The zero-order valence-corrected chi connectivity index (χ0v) is 10.1. The second-order valence-electron chi connectivity index (χ2n) is 4.16. The fourth-order valence-corrected chi connectivity index (χ4v) is 1.45. The van der Waals surface area contributed by atoms with E-state index in [-0.39, 0.29) is 18.1 Å². The molecule has 0 amide bonds. The third-order valence-electron chi connectivity index (χ3n) is 2.48. The molecule has 3 nitrogen and oxygen atoms in total. The van der Waals surface area contributed by atoms with Gasteiger partial charge < -0.3 is 15.3 Å². The number of aliphatic hydroxyl groups is 2. The van der Waals surface area contributed by atoms with Gasteiger partial charge in [-0.2, -0.15) is 0 Å². The number of allylic oxidation sites excluding steroid dienone is 3. The van der Waals surface area contributed by atoms with E-state index in [1.807, 2.05) is 26.0 Å². The van der Waals surface area contributed by atoms with Gasteiger partial charge >= 0.3 is 0 Å². The van der Waals surface area contributed by atoms with Crippen LogP contribution in [-0.4, -0.2) is 21.9 Å². The Hall–Kier alpha value is -1.74. The van der Waals surface area contributed by atoms with Gasteiger partial charge in [0.05, 0.1) is 0 Å². The molecule has 3 heteroatoms. The molecule has 0 atom stereocenters. The van der Waals surface area contributed by atoms with Gasteiger partial charge in [0.1, 0.15) is 18.1 Å². The summed E-state index contributed by atoms with van der Waals surface area (Å²) in [7, 11) is 0. The summed E-state index contributed by atoms with van der Waals surface area (Å²) in [5.74, 6) is 0.196. The van der Waals surface area contributed by atoms with Crippen LogP contribution in [0.1, 0.15) is 19.4 Å². The Morgan fingerprint density at radius 2 is 1.76 bits per heavy atom. The first-order valence-electron chi connectivity index (χ1n) is 5.47. The summed E-state index contributed by atoms with van der Waals surface area (Å²) in [6.07, 6.45) is 2.24. The van der Waals surface area contributed by atoms with Crippen LogP contribution < -0.4 is 0 Å². The number of hydrogen-bond donors (Lipinski definition) is 3. The number of phenolic OH excluding ortho intramolecular Hbond substituents is 1. The minimum atomic E-state index is -0.355. The Kier molecular flexibility index (Phi) is 4.79. The van der Waals surface area contributed by atoms with Crippen LogP contribution in [0.25, 0.3) is 0 Å². The van der Waals surface area contributed by atoms with E-state index >= 15 is 0 Å². The molecule has 0 fully saturated rings. The van der Waals surface area contributed by atoms with Gasteiger partial charge in [-0.3, -0.25) is 0 Å². The molecule has 0 aliphatic heterocycles. The van der Waals surface area contributed by atoms with Crippen LogP contribution in [-0.2, 0) is 6.42 Å². The third kappa shape index (κ3) is 4.33. The number of aliphatic hydroxyl groups excluding tert-OH is 2. The number of benzene rings is 1. The van der Waals surface area contributed by atoms with Crippen molar-refractivity contribution < 1.29 is 15.3 Å². The van der Waals surface area contributed by atoms with Crippen LogP contribution >= 0.6 is 0 Å². The van der Waals surface area contributed by atoms with Crippen molar-refractivity contribution >= 4 is 0 Å². The zero-order chi connectivity index (χ0) is 12.8. The smallest absolute Gasteiger partial charge is 0.118 e. The van der Waals surface area contributed by atoms with E-state index < -0.39 is 0 Å². The van der Waals surface area contributed by atoms with Crippen molar-refractivity contribution in [2.24, 2.45) is 0 Å². The molecule has 3 N–H and O–H groups in total. The molecule has 0 aliphatic rings. The van der Waals surface area contributed by atoms with Crippen molar-refractivity contribution in [1.29, 1.82) is 0 Å². The molecular formula is C14H18O3. The minimum Gasteiger partial charge on any atom is -0.510 e. The first kappa shape index (κ1) is 13.3. The standard InChI is InChI=1S/C14H18O3/c1-10(2)12(8-14(17)9-15)7-11-3-5-13(16)6-4-11/h3-6,8,15-17H,7,9H2,1-2H3/b14-8+. The first-order chi connectivity index (χ1) is 8.02. The predicted molar refractivity (Wildman–Crippen MR) is 68.0 cm³/mol. The molecule has 17 heavy (non-hydrogen) atoms. The lowest BCUT2D eigenvalue weighted by Crippen LogP contribution is -1.95. The molecular weight excluding hydrogens is 216 g/mol. The van der Waals surface area contributed by atoms with Crippen molar-refractivity contribution in [3.63, 3.8) is 0 Å². The van der Waals surface area contributed by atoms with Gasteiger partial charge in [0.15, 0.2) is 0 Å². The number of hydrogen-bond acceptors (Lipinski definition) is 3. The average molecular weight is 234 g/mol. The van der Waals surface area contributed by atoms with Gasteiger partial charge in [-0.1, -0.05) is 17.7 Å². The van der Waals surface area contributed by atoms with E-state index in [0.29, 0.717) is 6.42 Å². The lowest BCUT2D eigenvalue weighted by Gasteiger charge is -2.07. The first-order valence-corrected chi connectivity index (χ1v) is 5.47. The summed E-state index contributed by atoms with van der Waals surface area (Å²) < 4.78 is 0. The van der Waals surface area contributed by atoms with Crippen LogP contribution in [0, 0.1) is 0 Å². The summed E-state index contributed by atoms with van der Waals surface area (Å²) in [6.45, 7) is 3.56. The molecule has 1 aromatic carbocycles. The van der Waals surface area contributed by atoms with Crippen LogP contribution in [0.2, 0.25) is 0 Å². The topological polar surface area (TPSA) is 60.7 Å². The highest BCUT2D eigenvalue weighted by atomic mass is 16.3. The van der Waals surface area contributed by atoms with E-state index in [1.54, 1.807) is 18.2 Å². The summed E-state index contributed by atoms with van der Waals surface area (Å²) >= 11 is 0. The van der Waals surface area contributed by atoms with Crippen molar-refractivity contribution in [3.05, 3.63) is 52.8 Å². The normalized spacial score (nSPS) is 11.4. The predicted octanol–water partition coefficient (Wildman–Crippen LogP) is 2.71. The van der Waals surface area contributed by atoms with Gasteiger partial charge in [0.25, 0.3) is 0 Å². The Bertz CT molecular complexity index is 423. The molecule has 0 saturated carbocycles. The second kappa shape index (κ2) is 6.11. The molecule has 92 valence electrons. The number of phenols is 1. The highest BCUT2D eigenvalue weighted by molar-refractivity contribution is 5.34. The summed E-state index contributed by atoms with van der Waals surface area (Å²) in [5, 5.41) is 27.3. The largest absolute Gasteiger partial charge is 0.510 e. The van der Waals surface area contributed by atoms with E-state index in [4.69, 9.17) is 5.11 Å². The molecule has 0 heterocycles. The van der Waals surface area contributed by atoms with Gasteiger partial charge in [-0.25, -0.2) is 0 Å². The van der Waals surface area contributed by atoms with E-state index in [0.717, 1.165) is 16.7 Å². The van der Waals surface area contributed by atoms with Crippen LogP contribution in [0.3, 0.4) is 0 Å². The SMILES string of the molecule is CC(C)=C(/C=C(/O)CO)Cc1ccc(O)cc1. The third-order valence-corrected chi connectivity index (χ3v) is 2.48. The molecule has 0 aromatic heterocycles. The van der Waals surface area contributed by atoms with Crippen molar-refractivity contribution in [1.82, 2.24) is 0 Å². The van der Waals surface area contributed by atoms with Gasteiger partial charge in [-0.05, 0) is 49.6 Å². The molecule has 1 rings (SSSR count). The molecule has 0 unspecified atom stereocenters. The van der Waals surface area contributed by atoms with Gasteiger partial charge in [0, 0.05) is 0 Å². The highest BCUT2D eigenvalue weighted by Crippen LogP contribution is 2.17. The van der Waals surface area contributed by atoms with Crippen LogP contribution in [0.15, 0.2) is 47.2 Å². The Labute approximate surface area is 101 Å². The zero-order valence-electron chi connectivity index (χ0n) is 10.1. The van der Waals surface area contributed by atoms with E-state index in [2.05, 4.69) is 0 Å². The Balaban J connectivity index is 2.90. The monoisotopic (exact) mass is 234 g/mol. The van der Waals surface area contributed by atoms with Crippen LogP contribution in [0.4, 0.5) is 0 Å². The molecule has 0 saturated heterocycles. The second-order valence-corrected chi connectivity index (χ2v) is 4.16. The number of rotatable bonds is 4.